The van der Waals surface area contributed by atoms with Crippen LogP contribution in [0.1, 0.15) is 18.4 Å². The van der Waals surface area contributed by atoms with Crippen molar-refractivity contribution < 1.29 is 9.59 Å². The highest BCUT2D eigenvalue weighted by atomic mass is 35.5. The van der Waals surface area contributed by atoms with Gasteiger partial charge < -0.3 is 9.80 Å². The molecule has 0 bridgehead atoms. The van der Waals surface area contributed by atoms with Crippen LogP contribution < -0.4 is 0 Å². The molecule has 0 radical (unpaired) electrons. The maximum absolute atomic E-state index is 12.4. The molecule has 7 nitrogen and oxygen atoms in total. The van der Waals surface area contributed by atoms with E-state index in [1.807, 2.05) is 30.3 Å². The van der Waals surface area contributed by atoms with Crippen molar-refractivity contribution in [1.29, 1.82) is 0 Å². The minimum atomic E-state index is -0.318. The number of imide groups is 1. The molecule has 0 unspecified atom stereocenters. The van der Waals surface area contributed by atoms with Crippen molar-refractivity contribution in [3.63, 3.8) is 0 Å². The van der Waals surface area contributed by atoms with Crippen molar-refractivity contribution in [2.24, 2.45) is 5.10 Å². The van der Waals surface area contributed by atoms with Gasteiger partial charge in [0.15, 0.2) is 0 Å². The van der Waals surface area contributed by atoms with Gasteiger partial charge in [-0.1, -0.05) is 30.3 Å². The Bertz CT molecular complexity index is 651. The Morgan fingerprint density at radius 1 is 0.964 bits per heavy atom. The molecule has 9 heteroatoms. The Morgan fingerprint density at radius 3 is 2.29 bits per heavy atom. The summed E-state index contributed by atoms with van der Waals surface area (Å²) in [5.74, 6) is -0.167. The summed E-state index contributed by atoms with van der Waals surface area (Å²) in [4.78, 5) is 30.6. The first-order valence-electron chi connectivity index (χ1n) is 9.25. The molecule has 0 spiro atoms. The number of amides is 3. The van der Waals surface area contributed by atoms with E-state index >= 15 is 0 Å². The number of piperazine rings is 1. The average molecular weight is 430 g/mol. The first kappa shape index (κ1) is 24.4. The zero-order chi connectivity index (χ0) is 18.4. The number of likely N-dealkylation sites (N-methyl/N-ethyl adjacent to an activating group) is 1. The molecule has 0 saturated carbocycles. The van der Waals surface area contributed by atoms with E-state index in [0.29, 0.717) is 6.54 Å². The van der Waals surface area contributed by atoms with Gasteiger partial charge in [-0.2, -0.15) is 5.10 Å². The second-order valence-electron chi connectivity index (χ2n) is 6.89. The van der Waals surface area contributed by atoms with Crippen LogP contribution in [0.5, 0.6) is 0 Å². The minimum Gasteiger partial charge on any atom is -0.304 e. The van der Waals surface area contributed by atoms with Crippen LogP contribution in [0.2, 0.25) is 0 Å². The quantitative estimate of drug-likeness (QED) is 0.378. The third-order valence-corrected chi connectivity index (χ3v) is 4.89. The topological polar surface area (TPSA) is 59.5 Å². The number of unbranched alkanes of at least 4 members (excludes halogenated alkanes) is 1. The molecule has 28 heavy (non-hydrogen) atoms. The molecular formula is C19H29Cl2N5O2. The van der Waals surface area contributed by atoms with E-state index < -0.39 is 0 Å². The molecule has 0 aliphatic carbocycles. The van der Waals surface area contributed by atoms with Gasteiger partial charge in [0.2, 0.25) is 0 Å². The van der Waals surface area contributed by atoms with E-state index in [-0.39, 0.29) is 43.3 Å². The maximum atomic E-state index is 12.4. The molecule has 1 aromatic rings. The number of halogens is 2. The van der Waals surface area contributed by atoms with Crippen LogP contribution in [0.25, 0.3) is 0 Å². The number of benzene rings is 1. The molecule has 156 valence electrons. The van der Waals surface area contributed by atoms with Crippen LogP contribution in [0, 0.1) is 0 Å². The highest BCUT2D eigenvalue weighted by Gasteiger charge is 2.35. The fourth-order valence-corrected chi connectivity index (χ4v) is 3.19. The van der Waals surface area contributed by atoms with Gasteiger partial charge in [-0.25, -0.2) is 9.80 Å². The van der Waals surface area contributed by atoms with Crippen molar-refractivity contribution >= 4 is 43.0 Å². The molecule has 3 rings (SSSR count). The number of hydrogen-bond acceptors (Lipinski definition) is 5. The molecule has 2 heterocycles. The number of hydrogen-bond donors (Lipinski definition) is 0. The molecule has 2 aliphatic heterocycles. The van der Waals surface area contributed by atoms with Crippen LogP contribution in [0.15, 0.2) is 35.4 Å². The predicted molar refractivity (Wildman–Crippen MR) is 116 cm³/mol. The van der Waals surface area contributed by atoms with Crippen LogP contribution >= 0.6 is 24.8 Å². The van der Waals surface area contributed by atoms with Crippen LogP contribution in [-0.2, 0) is 4.79 Å². The standard InChI is InChI=1S/C19H27N5O2.2ClH/c1-21-11-13-22(14-12-21)9-5-6-10-23-18(25)16-24(19(23)26)20-15-17-7-3-2-4-8-17;;/h2-4,7-8,15H,5-6,9-14,16H2,1H3;2*1H/b20-15+;;. The van der Waals surface area contributed by atoms with Crippen LogP contribution in [0.4, 0.5) is 4.79 Å². The summed E-state index contributed by atoms with van der Waals surface area (Å²) < 4.78 is 0. The molecular weight excluding hydrogens is 401 g/mol. The number of rotatable bonds is 7. The van der Waals surface area contributed by atoms with E-state index in [0.717, 1.165) is 51.1 Å². The lowest BCUT2D eigenvalue weighted by Crippen LogP contribution is -2.44. The molecule has 3 amide bonds. The summed E-state index contributed by atoms with van der Waals surface area (Å²) in [7, 11) is 2.15. The van der Waals surface area contributed by atoms with E-state index in [1.54, 1.807) is 6.21 Å². The normalized spacial score (nSPS) is 18.5. The van der Waals surface area contributed by atoms with E-state index in [4.69, 9.17) is 0 Å². The molecule has 0 aromatic heterocycles. The summed E-state index contributed by atoms with van der Waals surface area (Å²) in [6.45, 7) is 5.94. The lowest BCUT2D eigenvalue weighted by molar-refractivity contribution is -0.125. The van der Waals surface area contributed by atoms with Crippen molar-refractivity contribution in [3.05, 3.63) is 35.9 Å². The monoisotopic (exact) mass is 429 g/mol. The van der Waals surface area contributed by atoms with Gasteiger partial charge in [0.05, 0.1) is 6.21 Å². The first-order valence-corrected chi connectivity index (χ1v) is 9.25. The van der Waals surface area contributed by atoms with Crippen LogP contribution in [-0.4, -0.2) is 90.7 Å². The van der Waals surface area contributed by atoms with E-state index in [9.17, 15) is 9.59 Å². The zero-order valence-corrected chi connectivity index (χ0v) is 17.8. The lowest BCUT2D eigenvalue weighted by atomic mass is 10.2. The third-order valence-electron chi connectivity index (χ3n) is 4.89. The van der Waals surface area contributed by atoms with Gasteiger partial charge in [-0.05, 0) is 32.0 Å². The van der Waals surface area contributed by atoms with Gasteiger partial charge in [0.25, 0.3) is 5.91 Å². The van der Waals surface area contributed by atoms with Crippen molar-refractivity contribution in [3.8, 4) is 0 Å². The second-order valence-corrected chi connectivity index (χ2v) is 6.89. The minimum absolute atomic E-state index is 0. The predicted octanol–water partition coefficient (Wildman–Crippen LogP) is 2.16. The van der Waals surface area contributed by atoms with E-state index in [2.05, 4.69) is 21.9 Å². The Kier molecular flexibility index (Phi) is 10.5. The summed E-state index contributed by atoms with van der Waals surface area (Å²) in [6, 6.07) is 9.23. The molecule has 2 saturated heterocycles. The van der Waals surface area contributed by atoms with Crippen molar-refractivity contribution in [1.82, 2.24) is 19.7 Å². The summed E-state index contributed by atoms with van der Waals surface area (Å²) in [5, 5.41) is 5.41. The highest BCUT2D eigenvalue weighted by Crippen LogP contribution is 2.12. The molecule has 2 aliphatic rings. The maximum Gasteiger partial charge on any atom is 0.347 e. The van der Waals surface area contributed by atoms with Crippen LogP contribution in [0.3, 0.4) is 0 Å². The van der Waals surface area contributed by atoms with E-state index in [1.165, 1.54) is 9.91 Å². The fourth-order valence-electron chi connectivity index (χ4n) is 3.19. The van der Waals surface area contributed by atoms with Gasteiger partial charge >= 0.3 is 6.03 Å². The third kappa shape index (κ3) is 6.74. The number of carbonyl (C=O) groups excluding carboxylic acids is 2. The summed E-state index contributed by atoms with van der Waals surface area (Å²) in [6.07, 6.45) is 3.44. The van der Waals surface area contributed by atoms with Gasteiger partial charge in [0, 0.05) is 32.7 Å². The Labute approximate surface area is 179 Å². The van der Waals surface area contributed by atoms with Crippen molar-refractivity contribution in [2.45, 2.75) is 12.8 Å². The lowest BCUT2D eigenvalue weighted by Gasteiger charge is -2.32. The molecule has 2 fully saturated rings. The average Bonchev–Trinajstić information content (AvgIpc) is 2.93. The Balaban J connectivity index is 0.00000196. The smallest absolute Gasteiger partial charge is 0.304 e. The Morgan fingerprint density at radius 2 is 1.61 bits per heavy atom. The summed E-state index contributed by atoms with van der Waals surface area (Å²) >= 11 is 0. The largest absolute Gasteiger partial charge is 0.347 e. The molecule has 0 N–H and O–H groups in total. The fraction of sp³-hybridized carbons (Fsp3) is 0.526. The number of hydrazone groups is 1. The van der Waals surface area contributed by atoms with Gasteiger partial charge in [-0.15, -0.1) is 24.8 Å². The number of nitrogens with zero attached hydrogens (tertiary/aromatic N) is 5. The first-order chi connectivity index (χ1) is 12.6. The van der Waals surface area contributed by atoms with Crippen molar-refractivity contribution in [2.75, 3.05) is 52.9 Å². The van der Waals surface area contributed by atoms with Gasteiger partial charge in [-0.3, -0.25) is 9.69 Å². The molecule has 0 atom stereocenters. The Hall–Kier alpha value is -1.67. The molecule has 1 aromatic carbocycles. The van der Waals surface area contributed by atoms with Gasteiger partial charge in [0.1, 0.15) is 6.54 Å². The zero-order valence-electron chi connectivity index (χ0n) is 16.2. The number of urea groups is 1. The second kappa shape index (κ2) is 12.0. The SMILES string of the molecule is CN1CCN(CCCCN2C(=O)CN(/N=C/c3ccccc3)C2=O)CC1.Cl.Cl. The summed E-state index contributed by atoms with van der Waals surface area (Å²) in [5.41, 5.74) is 0.901. The highest BCUT2D eigenvalue weighted by molar-refractivity contribution is 6.02. The number of carbonyl (C=O) groups is 2.